The predicted molar refractivity (Wildman–Crippen MR) is 99.4 cm³/mol. The first kappa shape index (κ1) is 23.1. The Bertz CT molecular complexity index is 469. The summed E-state index contributed by atoms with van der Waals surface area (Å²) in [6.45, 7) is 3.16. The van der Waals surface area contributed by atoms with Crippen LogP contribution in [0.1, 0.15) is 58.3 Å². The Morgan fingerprint density at radius 3 is 2.32 bits per heavy atom. The molecule has 28 heavy (non-hydrogen) atoms. The monoisotopic (exact) mass is 402 g/mol. The zero-order chi connectivity index (χ0) is 20.4. The van der Waals surface area contributed by atoms with Gasteiger partial charge in [-0.3, -0.25) is 4.79 Å². The molecule has 0 aromatic heterocycles. The number of rotatable bonds is 5. The lowest BCUT2D eigenvalue weighted by Gasteiger charge is -2.31. The van der Waals surface area contributed by atoms with Gasteiger partial charge in [-0.05, 0) is 51.9 Å². The third-order valence-electron chi connectivity index (χ3n) is 5.22. The smallest absolute Gasteiger partial charge is 0.335 e. The van der Waals surface area contributed by atoms with Crippen molar-refractivity contribution >= 4 is 11.9 Å². The van der Waals surface area contributed by atoms with E-state index in [0.717, 1.165) is 45.1 Å². The summed E-state index contributed by atoms with van der Waals surface area (Å²) in [5.41, 5.74) is 0. The highest BCUT2D eigenvalue weighted by Crippen LogP contribution is 2.29. The summed E-state index contributed by atoms with van der Waals surface area (Å²) in [4.78, 5) is 22.3. The maximum Gasteiger partial charge on any atom is 0.335 e. The van der Waals surface area contributed by atoms with Crippen molar-refractivity contribution in [1.82, 2.24) is 0 Å². The highest BCUT2D eigenvalue weighted by molar-refractivity contribution is 5.75. The normalized spacial score (nSPS) is 32.8. The fourth-order valence-corrected chi connectivity index (χ4v) is 3.64. The SMILES string of the molecule is CCOC(=O)C1CC(O)CO1.COC(=O)C1CCC(OC2CCCCO2)CC1. The van der Waals surface area contributed by atoms with Crippen LogP contribution < -0.4 is 0 Å². The molecule has 0 amide bonds. The molecule has 0 bridgehead atoms. The van der Waals surface area contributed by atoms with Gasteiger partial charge in [0.05, 0.1) is 38.4 Å². The largest absolute Gasteiger partial charge is 0.469 e. The molecular weight excluding hydrogens is 368 g/mol. The second kappa shape index (κ2) is 12.4. The molecule has 1 saturated carbocycles. The zero-order valence-electron chi connectivity index (χ0n) is 17.0. The number of aliphatic hydroxyl groups excluding tert-OH is 1. The first-order valence-corrected chi connectivity index (χ1v) is 10.3. The third-order valence-corrected chi connectivity index (χ3v) is 5.22. The number of aliphatic hydroxyl groups is 1. The number of esters is 2. The summed E-state index contributed by atoms with van der Waals surface area (Å²) in [5, 5.41) is 8.98. The Morgan fingerprint density at radius 2 is 1.79 bits per heavy atom. The average molecular weight is 402 g/mol. The van der Waals surface area contributed by atoms with Crippen molar-refractivity contribution in [3.05, 3.63) is 0 Å². The van der Waals surface area contributed by atoms with Crippen LogP contribution in [0.3, 0.4) is 0 Å². The minimum atomic E-state index is -0.551. The van der Waals surface area contributed by atoms with Gasteiger partial charge in [0.2, 0.25) is 0 Å². The van der Waals surface area contributed by atoms with Crippen LogP contribution in [0, 0.1) is 5.92 Å². The molecule has 3 unspecified atom stereocenters. The molecule has 3 aliphatic rings. The lowest BCUT2D eigenvalue weighted by molar-refractivity contribution is -0.195. The number of methoxy groups -OCH3 is 1. The molecule has 2 aliphatic heterocycles. The molecule has 8 nitrogen and oxygen atoms in total. The quantitative estimate of drug-likeness (QED) is 0.697. The predicted octanol–water partition coefficient (Wildman–Crippen LogP) is 1.96. The van der Waals surface area contributed by atoms with Crippen molar-refractivity contribution in [2.24, 2.45) is 5.92 Å². The van der Waals surface area contributed by atoms with Gasteiger partial charge in [-0.2, -0.15) is 0 Å². The van der Waals surface area contributed by atoms with E-state index in [1.54, 1.807) is 6.92 Å². The molecular formula is C20H34O8. The highest BCUT2D eigenvalue weighted by atomic mass is 16.7. The highest BCUT2D eigenvalue weighted by Gasteiger charge is 2.31. The van der Waals surface area contributed by atoms with Gasteiger partial charge in [0.25, 0.3) is 0 Å². The second-order valence-electron chi connectivity index (χ2n) is 7.39. The van der Waals surface area contributed by atoms with Gasteiger partial charge < -0.3 is 28.8 Å². The van der Waals surface area contributed by atoms with Crippen LogP contribution in [-0.4, -0.2) is 68.6 Å². The van der Waals surface area contributed by atoms with Crippen molar-refractivity contribution in [2.75, 3.05) is 26.9 Å². The molecule has 3 rings (SSSR count). The fraction of sp³-hybridized carbons (Fsp3) is 0.900. The summed E-state index contributed by atoms with van der Waals surface area (Å²) in [7, 11) is 1.46. The van der Waals surface area contributed by atoms with Crippen molar-refractivity contribution in [3.63, 3.8) is 0 Å². The van der Waals surface area contributed by atoms with E-state index in [4.69, 9.17) is 28.8 Å². The van der Waals surface area contributed by atoms with Gasteiger partial charge in [-0.1, -0.05) is 0 Å². The van der Waals surface area contributed by atoms with Crippen molar-refractivity contribution in [1.29, 1.82) is 0 Å². The van der Waals surface area contributed by atoms with Gasteiger partial charge in [0.1, 0.15) is 0 Å². The van der Waals surface area contributed by atoms with Crippen LogP contribution in [0.2, 0.25) is 0 Å². The number of hydrogen-bond donors (Lipinski definition) is 1. The maximum absolute atomic E-state index is 11.4. The van der Waals surface area contributed by atoms with Crippen molar-refractivity contribution < 1.29 is 38.4 Å². The van der Waals surface area contributed by atoms with E-state index in [2.05, 4.69) is 0 Å². The van der Waals surface area contributed by atoms with E-state index in [9.17, 15) is 9.59 Å². The van der Waals surface area contributed by atoms with Gasteiger partial charge in [-0.25, -0.2) is 4.79 Å². The first-order valence-electron chi connectivity index (χ1n) is 10.3. The number of carbonyl (C=O) groups is 2. The second-order valence-corrected chi connectivity index (χ2v) is 7.39. The lowest BCUT2D eigenvalue weighted by atomic mass is 9.87. The van der Waals surface area contributed by atoms with E-state index in [1.807, 2.05) is 0 Å². The maximum atomic E-state index is 11.4. The molecule has 1 aliphatic carbocycles. The minimum Gasteiger partial charge on any atom is -0.469 e. The van der Waals surface area contributed by atoms with Crippen LogP contribution in [0.15, 0.2) is 0 Å². The Kier molecular flexibility index (Phi) is 10.2. The third kappa shape index (κ3) is 7.66. The summed E-state index contributed by atoms with van der Waals surface area (Å²) in [5.74, 6) is -0.367. The van der Waals surface area contributed by atoms with Crippen LogP contribution in [-0.2, 0) is 33.3 Å². The molecule has 0 radical (unpaired) electrons. The Hall–Kier alpha value is -1.22. The topological polar surface area (TPSA) is 101 Å². The number of carbonyl (C=O) groups excluding carboxylic acids is 2. The van der Waals surface area contributed by atoms with Gasteiger partial charge >= 0.3 is 11.9 Å². The number of ether oxygens (including phenoxy) is 5. The van der Waals surface area contributed by atoms with Crippen LogP contribution >= 0.6 is 0 Å². The lowest BCUT2D eigenvalue weighted by Crippen LogP contribution is -2.32. The molecule has 3 fully saturated rings. The summed E-state index contributed by atoms with van der Waals surface area (Å²) in [6, 6.07) is 0. The summed E-state index contributed by atoms with van der Waals surface area (Å²) >= 11 is 0. The molecule has 0 aromatic carbocycles. The van der Waals surface area contributed by atoms with E-state index in [1.165, 1.54) is 13.5 Å². The molecule has 3 atom stereocenters. The molecule has 8 heteroatoms. The Morgan fingerprint density at radius 1 is 1.04 bits per heavy atom. The minimum absolute atomic E-state index is 0.0107. The van der Waals surface area contributed by atoms with Gasteiger partial charge in [0.15, 0.2) is 12.4 Å². The van der Waals surface area contributed by atoms with E-state index in [-0.39, 0.29) is 36.9 Å². The van der Waals surface area contributed by atoms with Crippen LogP contribution in [0.25, 0.3) is 0 Å². The van der Waals surface area contributed by atoms with Crippen LogP contribution in [0.5, 0.6) is 0 Å². The Labute approximate surface area is 166 Å². The molecule has 2 saturated heterocycles. The zero-order valence-corrected chi connectivity index (χ0v) is 17.0. The molecule has 1 N–H and O–H groups in total. The van der Waals surface area contributed by atoms with Crippen molar-refractivity contribution in [2.45, 2.75) is 82.9 Å². The van der Waals surface area contributed by atoms with Crippen molar-refractivity contribution in [3.8, 4) is 0 Å². The van der Waals surface area contributed by atoms with E-state index < -0.39 is 12.2 Å². The van der Waals surface area contributed by atoms with Crippen LogP contribution in [0.4, 0.5) is 0 Å². The Balaban J connectivity index is 0.000000221. The summed E-state index contributed by atoms with van der Waals surface area (Å²) in [6.07, 6.45) is 6.55. The van der Waals surface area contributed by atoms with Gasteiger partial charge in [-0.15, -0.1) is 0 Å². The fourth-order valence-electron chi connectivity index (χ4n) is 3.64. The van der Waals surface area contributed by atoms with E-state index in [0.29, 0.717) is 13.0 Å². The molecule has 0 aromatic rings. The summed E-state index contributed by atoms with van der Waals surface area (Å²) < 4.78 is 25.9. The first-order chi connectivity index (χ1) is 13.5. The van der Waals surface area contributed by atoms with Gasteiger partial charge in [0, 0.05) is 13.0 Å². The standard InChI is InChI=1S/C13H22O4.C7H12O4/c1-15-13(14)10-5-7-11(8-6-10)17-12-4-2-3-9-16-12;1-2-10-7(9)6-3-5(8)4-11-6/h10-12H,2-9H2,1H3;5-6,8H,2-4H2,1H3. The number of hydrogen-bond acceptors (Lipinski definition) is 8. The molecule has 162 valence electrons. The average Bonchev–Trinajstić information content (AvgIpc) is 3.16. The molecule has 0 spiro atoms. The van der Waals surface area contributed by atoms with E-state index >= 15 is 0 Å². The molecule has 2 heterocycles.